The maximum absolute atomic E-state index is 12.3. The summed E-state index contributed by atoms with van der Waals surface area (Å²) in [6.45, 7) is 0.741. The summed E-state index contributed by atoms with van der Waals surface area (Å²) < 4.78 is 0. The van der Waals surface area contributed by atoms with E-state index in [-0.39, 0.29) is 12.1 Å². The Morgan fingerprint density at radius 3 is 2.74 bits per heavy atom. The Kier molecular flexibility index (Phi) is 3.89. The van der Waals surface area contributed by atoms with E-state index in [2.05, 4.69) is 23.3 Å². The van der Waals surface area contributed by atoms with E-state index in [9.17, 15) is 4.79 Å². The van der Waals surface area contributed by atoms with E-state index in [0.29, 0.717) is 12.1 Å². The molecule has 4 rings (SSSR count). The fourth-order valence-corrected chi connectivity index (χ4v) is 4.43. The number of carbonyl (C=O) groups excluding carboxylic acids is 1. The highest BCUT2D eigenvalue weighted by atomic mass is 16.7. The maximum Gasteiger partial charge on any atom is 0.431 e. The molecule has 1 aromatic carbocycles. The van der Waals surface area contributed by atoms with Gasteiger partial charge in [0, 0.05) is 18.1 Å². The van der Waals surface area contributed by atoms with E-state index in [1.54, 1.807) is 5.06 Å². The zero-order valence-corrected chi connectivity index (χ0v) is 13.7. The van der Waals surface area contributed by atoms with Gasteiger partial charge in [0.25, 0.3) is 0 Å². The summed E-state index contributed by atoms with van der Waals surface area (Å²) in [5, 5.41) is 4.82. The monoisotopic (exact) mass is 315 g/mol. The molecule has 5 nitrogen and oxygen atoms in total. The standard InChI is InChI=1S/C18H25N3O2/c1-20-15-6-4-7-16(20)12-14(11-15)19-18(22)23-21-10-9-13-5-2-3-8-17(13)21/h2-3,5,8,14-16H,4,6-7,9-12H2,1H3,(H,19,22). The number of hydroxylamine groups is 1. The van der Waals surface area contributed by atoms with E-state index in [1.165, 1.54) is 24.8 Å². The number of para-hydroxylation sites is 1. The van der Waals surface area contributed by atoms with Gasteiger partial charge in [-0.25, -0.2) is 9.86 Å². The molecule has 2 atom stereocenters. The van der Waals surface area contributed by atoms with Gasteiger partial charge in [0.15, 0.2) is 0 Å². The molecule has 1 N–H and O–H groups in total. The number of piperidine rings is 2. The van der Waals surface area contributed by atoms with Crippen molar-refractivity contribution in [3.8, 4) is 0 Å². The molecule has 1 aromatic rings. The van der Waals surface area contributed by atoms with Crippen LogP contribution < -0.4 is 10.4 Å². The van der Waals surface area contributed by atoms with Gasteiger partial charge in [0.1, 0.15) is 0 Å². The number of nitrogens with zero attached hydrogens (tertiary/aromatic N) is 2. The Labute approximate surface area is 137 Å². The normalized spacial score (nSPS) is 30.0. The third-order valence-corrected chi connectivity index (χ3v) is 5.70. The number of hydrogen-bond acceptors (Lipinski definition) is 4. The van der Waals surface area contributed by atoms with Crippen LogP contribution in [0.15, 0.2) is 24.3 Å². The number of carbonyl (C=O) groups is 1. The molecule has 0 aliphatic carbocycles. The third kappa shape index (κ3) is 2.90. The van der Waals surface area contributed by atoms with Crippen molar-refractivity contribution in [2.24, 2.45) is 0 Å². The van der Waals surface area contributed by atoms with E-state index >= 15 is 0 Å². The first-order chi connectivity index (χ1) is 11.2. The Hall–Kier alpha value is -1.75. The van der Waals surface area contributed by atoms with Crippen molar-refractivity contribution >= 4 is 11.8 Å². The molecule has 2 unspecified atom stereocenters. The zero-order valence-electron chi connectivity index (χ0n) is 13.7. The van der Waals surface area contributed by atoms with Crippen LogP contribution in [-0.4, -0.2) is 42.7 Å². The van der Waals surface area contributed by atoms with Crippen LogP contribution in [-0.2, 0) is 11.3 Å². The number of nitrogens with one attached hydrogen (secondary N) is 1. The van der Waals surface area contributed by atoms with Crippen molar-refractivity contribution in [1.82, 2.24) is 10.2 Å². The van der Waals surface area contributed by atoms with Crippen LogP contribution in [0.3, 0.4) is 0 Å². The van der Waals surface area contributed by atoms with Crippen molar-refractivity contribution < 1.29 is 9.63 Å². The van der Waals surface area contributed by atoms with Crippen LogP contribution in [0, 0.1) is 0 Å². The van der Waals surface area contributed by atoms with Crippen LogP contribution in [0.4, 0.5) is 10.5 Å². The largest absolute Gasteiger partial charge is 0.431 e. The molecule has 3 aliphatic rings. The summed E-state index contributed by atoms with van der Waals surface area (Å²) in [4.78, 5) is 20.4. The highest BCUT2D eigenvalue weighted by Gasteiger charge is 2.37. The lowest BCUT2D eigenvalue weighted by molar-refractivity contribution is 0.0457. The lowest BCUT2D eigenvalue weighted by Crippen LogP contribution is -2.55. The number of anilines is 1. The van der Waals surface area contributed by atoms with Crippen LogP contribution in [0.5, 0.6) is 0 Å². The van der Waals surface area contributed by atoms with Crippen LogP contribution in [0.1, 0.15) is 37.7 Å². The fraction of sp³-hybridized carbons (Fsp3) is 0.611. The quantitative estimate of drug-likeness (QED) is 0.911. The molecule has 0 aromatic heterocycles. The van der Waals surface area contributed by atoms with Gasteiger partial charge in [-0.05, 0) is 50.8 Å². The first-order valence-electron chi connectivity index (χ1n) is 8.76. The van der Waals surface area contributed by atoms with Gasteiger partial charge >= 0.3 is 6.09 Å². The van der Waals surface area contributed by atoms with Gasteiger partial charge in [0.05, 0.1) is 12.2 Å². The average molecular weight is 315 g/mol. The first kappa shape index (κ1) is 14.8. The number of amides is 1. The summed E-state index contributed by atoms with van der Waals surface area (Å²) in [7, 11) is 2.23. The molecular weight excluding hydrogens is 290 g/mol. The Morgan fingerprint density at radius 2 is 1.96 bits per heavy atom. The molecule has 1 amide bonds. The van der Waals surface area contributed by atoms with Crippen molar-refractivity contribution in [2.45, 2.75) is 56.7 Å². The fourth-order valence-electron chi connectivity index (χ4n) is 4.43. The number of rotatable bonds is 2. The number of hydrogen-bond donors (Lipinski definition) is 1. The maximum atomic E-state index is 12.3. The van der Waals surface area contributed by atoms with E-state index < -0.39 is 0 Å². The lowest BCUT2D eigenvalue weighted by Gasteiger charge is -2.47. The van der Waals surface area contributed by atoms with Gasteiger partial charge in [-0.15, -0.1) is 0 Å². The van der Waals surface area contributed by atoms with E-state index in [1.807, 2.05) is 18.2 Å². The lowest BCUT2D eigenvalue weighted by atomic mass is 9.82. The van der Waals surface area contributed by atoms with Gasteiger partial charge in [0.2, 0.25) is 0 Å². The Morgan fingerprint density at radius 1 is 1.22 bits per heavy atom. The molecule has 124 valence electrons. The predicted molar refractivity (Wildman–Crippen MR) is 89.3 cm³/mol. The summed E-state index contributed by atoms with van der Waals surface area (Å²) in [6, 6.07) is 9.58. The third-order valence-electron chi connectivity index (χ3n) is 5.70. The SMILES string of the molecule is CN1C2CCCC1CC(NC(=O)ON1CCc3ccccc31)C2. The number of benzene rings is 1. The molecule has 2 saturated heterocycles. The molecule has 0 saturated carbocycles. The van der Waals surface area contributed by atoms with Crippen molar-refractivity contribution in [1.29, 1.82) is 0 Å². The summed E-state index contributed by atoms with van der Waals surface area (Å²) in [5.41, 5.74) is 2.26. The van der Waals surface area contributed by atoms with Gasteiger partial charge in [-0.1, -0.05) is 24.6 Å². The average Bonchev–Trinajstić information content (AvgIpc) is 2.92. The van der Waals surface area contributed by atoms with Crippen LogP contribution >= 0.6 is 0 Å². The Balaban J connectivity index is 1.34. The molecule has 2 fully saturated rings. The second kappa shape index (κ2) is 6.04. The van der Waals surface area contributed by atoms with Gasteiger partial charge in [-0.3, -0.25) is 0 Å². The molecule has 3 heterocycles. The minimum absolute atomic E-state index is 0.242. The predicted octanol–water partition coefficient (Wildman–Crippen LogP) is 2.71. The van der Waals surface area contributed by atoms with Gasteiger partial charge in [-0.2, -0.15) is 0 Å². The van der Waals surface area contributed by atoms with Crippen molar-refractivity contribution in [3.63, 3.8) is 0 Å². The molecule has 5 heteroatoms. The van der Waals surface area contributed by atoms with Crippen molar-refractivity contribution in [2.75, 3.05) is 18.7 Å². The molecule has 23 heavy (non-hydrogen) atoms. The van der Waals surface area contributed by atoms with E-state index in [0.717, 1.165) is 31.5 Å². The molecule has 0 radical (unpaired) electrons. The molecule has 3 aliphatic heterocycles. The van der Waals surface area contributed by atoms with Crippen molar-refractivity contribution in [3.05, 3.63) is 29.8 Å². The van der Waals surface area contributed by atoms with Gasteiger partial charge < -0.3 is 15.1 Å². The molecule has 0 spiro atoms. The first-order valence-corrected chi connectivity index (χ1v) is 8.76. The second-order valence-electron chi connectivity index (χ2n) is 7.08. The minimum Gasteiger partial charge on any atom is -0.322 e. The topological polar surface area (TPSA) is 44.8 Å². The summed E-state index contributed by atoms with van der Waals surface area (Å²) >= 11 is 0. The minimum atomic E-state index is -0.311. The highest BCUT2D eigenvalue weighted by Crippen LogP contribution is 2.33. The van der Waals surface area contributed by atoms with Crippen LogP contribution in [0.2, 0.25) is 0 Å². The summed E-state index contributed by atoms with van der Waals surface area (Å²) in [5.74, 6) is 0. The van der Waals surface area contributed by atoms with E-state index in [4.69, 9.17) is 4.84 Å². The molecule has 2 bridgehead atoms. The summed E-state index contributed by atoms with van der Waals surface area (Å²) in [6.07, 6.45) is 6.52. The zero-order chi connectivity index (χ0) is 15.8. The highest BCUT2D eigenvalue weighted by molar-refractivity contribution is 5.70. The Bertz CT molecular complexity index is 577. The molecular formula is C18H25N3O2. The smallest absolute Gasteiger partial charge is 0.322 e. The second-order valence-corrected chi connectivity index (χ2v) is 7.08. The number of fused-ring (bicyclic) bond motifs is 3. The van der Waals surface area contributed by atoms with Crippen LogP contribution in [0.25, 0.3) is 0 Å².